The Bertz CT molecular complexity index is 628. The summed E-state index contributed by atoms with van der Waals surface area (Å²) in [6.07, 6.45) is 3.61. The molecule has 0 unspecified atom stereocenters. The third kappa shape index (κ3) is 7.85. The number of rotatable bonds is 10. The fourth-order valence-electron chi connectivity index (χ4n) is 2.68. The molecule has 1 rings (SSSR count). The summed E-state index contributed by atoms with van der Waals surface area (Å²) in [6.45, 7) is 6.83. The third-order valence-electron chi connectivity index (χ3n) is 3.81. The number of nitrogens with zero attached hydrogens (tertiary/aromatic N) is 2. The van der Waals surface area contributed by atoms with E-state index in [1.807, 2.05) is 0 Å². The number of methoxy groups -OCH3 is 1. The molecular weight excluding hydrogens is 363 g/mol. The predicted molar refractivity (Wildman–Crippen MR) is 93.8 cm³/mol. The molecule has 0 saturated carbocycles. The molecular formula is C18H25KN2O5. The monoisotopic (exact) mass is 388 g/mol. The van der Waals surface area contributed by atoms with Crippen molar-refractivity contribution in [2.45, 2.75) is 33.1 Å². The summed E-state index contributed by atoms with van der Waals surface area (Å²) in [4.78, 5) is 24.4. The van der Waals surface area contributed by atoms with Gasteiger partial charge in [-0.25, -0.2) is 4.79 Å². The van der Waals surface area contributed by atoms with E-state index in [4.69, 9.17) is 0 Å². The van der Waals surface area contributed by atoms with Crippen LogP contribution in [0.15, 0.2) is 24.0 Å². The van der Waals surface area contributed by atoms with Crippen LogP contribution in [0.25, 0.3) is 6.08 Å². The molecule has 0 fully saturated rings. The van der Waals surface area contributed by atoms with Crippen LogP contribution in [0.2, 0.25) is 0 Å². The zero-order valence-electron chi connectivity index (χ0n) is 16.0. The van der Waals surface area contributed by atoms with Crippen LogP contribution in [0.5, 0.6) is 0 Å². The molecule has 0 radical (unpaired) electrons. The molecule has 0 amide bonds. The number of hydrogen-bond acceptors (Lipinski definition) is 6. The summed E-state index contributed by atoms with van der Waals surface area (Å²) in [5.41, 5.74) is 0.659. The van der Waals surface area contributed by atoms with Crippen LogP contribution >= 0.6 is 0 Å². The molecule has 0 N–H and O–H groups in total. The minimum absolute atomic E-state index is 0. The molecule has 0 atom stereocenters. The van der Waals surface area contributed by atoms with E-state index < -0.39 is 16.7 Å². The van der Waals surface area contributed by atoms with Crippen LogP contribution in [0.3, 0.4) is 0 Å². The van der Waals surface area contributed by atoms with Crippen molar-refractivity contribution >= 4 is 17.7 Å². The molecule has 0 spiro atoms. The second kappa shape index (κ2) is 13.4. The standard InChI is InChI=1S/C18H26N2O5.K/c1-4-10-19(11-5-2)12-9-14-7-6-8-16(20(23)24)15(14)13-17(21)18(22)25-3;/h6-8,13,21H,4-5,9-12H2,1-3H3;/q;+1/p-1/b17-13-;. The summed E-state index contributed by atoms with van der Waals surface area (Å²) in [6, 6.07) is 4.67. The molecule has 138 valence electrons. The predicted octanol–water partition coefficient (Wildman–Crippen LogP) is -0.862. The van der Waals surface area contributed by atoms with Crippen molar-refractivity contribution in [2.75, 3.05) is 26.7 Å². The summed E-state index contributed by atoms with van der Waals surface area (Å²) < 4.78 is 4.39. The van der Waals surface area contributed by atoms with Gasteiger partial charge in [0.1, 0.15) is 0 Å². The fraction of sp³-hybridized carbons (Fsp3) is 0.500. The molecule has 1 aromatic carbocycles. The molecule has 0 heterocycles. The van der Waals surface area contributed by atoms with E-state index in [-0.39, 0.29) is 62.6 Å². The van der Waals surface area contributed by atoms with Gasteiger partial charge in [-0.1, -0.05) is 26.0 Å². The average Bonchev–Trinajstić information content (AvgIpc) is 2.59. The number of hydrogen-bond donors (Lipinski definition) is 0. The second-order valence-corrected chi connectivity index (χ2v) is 5.70. The van der Waals surface area contributed by atoms with Crippen molar-refractivity contribution in [2.24, 2.45) is 0 Å². The van der Waals surface area contributed by atoms with Gasteiger partial charge in [0.05, 0.1) is 17.6 Å². The topological polar surface area (TPSA) is 95.7 Å². The number of nitro groups is 1. The molecule has 0 aliphatic heterocycles. The molecule has 0 bridgehead atoms. The van der Waals surface area contributed by atoms with Crippen LogP contribution in [-0.2, 0) is 16.0 Å². The minimum Gasteiger partial charge on any atom is -0.868 e. The average molecular weight is 389 g/mol. The second-order valence-electron chi connectivity index (χ2n) is 5.70. The van der Waals surface area contributed by atoms with E-state index in [9.17, 15) is 20.0 Å². The number of carbonyl (C=O) groups excluding carboxylic acids is 1. The van der Waals surface area contributed by atoms with Gasteiger partial charge in [0.25, 0.3) is 5.69 Å². The van der Waals surface area contributed by atoms with E-state index >= 15 is 0 Å². The number of ether oxygens (including phenoxy) is 1. The molecule has 0 aliphatic rings. The van der Waals surface area contributed by atoms with Crippen LogP contribution in [0.4, 0.5) is 5.69 Å². The Hall–Kier alpha value is -0.774. The van der Waals surface area contributed by atoms with E-state index in [1.165, 1.54) is 6.07 Å². The Morgan fingerprint density at radius 1 is 1.23 bits per heavy atom. The molecule has 1 aromatic rings. The quantitative estimate of drug-likeness (QED) is 0.129. The van der Waals surface area contributed by atoms with Gasteiger partial charge in [-0.2, -0.15) is 0 Å². The SMILES string of the molecule is CCCN(CCC)CCc1cccc([N+](=O)[O-])c1/C=C(\[O-])C(=O)OC.[K+]. The van der Waals surface area contributed by atoms with Crippen LogP contribution in [0, 0.1) is 10.1 Å². The van der Waals surface area contributed by atoms with Gasteiger partial charge in [-0.15, -0.1) is 0 Å². The number of carbonyl (C=O) groups is 1. The Kier molecular flexibility index (Phi) is 13.0. The third-order valence-corrected chi connectivity index (χ3v) is 3.81. The van der Waals surface area contributed by atoms with Crippen LogP contribution in [0.1, 0.15) is 37.8 Å². The first-order valence-electron chi connectivity index (χ1n) is 8.40. The zero-order chi connectivity index (χ0) is 18.8. The van der Waals surface area contributed by atoms with Crippen molar-refractivity contribution in [1.29, 1.82) is 0 Å². The number of benzene rings is 1. The Labute approximate surface area is 197 Å². The summed E-state index contributed by atoms with van der Waals surface area (Å²) in [7, 11) is 1.10. The molecule has 0 aromatic heterocycles. The van der Waals surface area contributed by atoms with E-state index in [2.05, 4.69) is 23.5 Å². The maximum Gasteiger partial charge on any atom is 1.00 e. The van der Waals surface area contributed by atoms with E-state index in [1.54, 1.807) is 12.1 Å². The Morgan fingerprint density at radius 3 is 2.35 bits per heavy atom. The Balaban J connectivity index is 0.00000625. The van der Waals surface area contributed by atoms with Crippen molar-refractivity contribution in [3.63, 3.8) is 0 Å². The normalized spacial score (nSPS) is 11.2. The van der Waals surface area contributed by atoms with Crippen molar-refractivity contribution in [1.82, 2.24) is 4.90 Å². The first kappa shape index (κ1) is 25.2. The van der Waals surface area contributed by atoms with Gasteiger partial charge in [0, 0.05) is 12.6 Å². The van der Waals surface area contributed by atoms with Gasteiger partial charge in [0.2, 0.25) is 0 Å². The molecule has 0 saturated heterocycles. The smallest absolute Gasteiger partial charge is 0.868 e. The van der Waals surface area contributed by atoms with Gasteiger partial charge >= 0.3 is 57.4 Å². The molecule has 0 aliphatic carbocycles. The molecule has 26 heavy (non-hydrogen) atoms. The molecule has 7 nitrogen and oxygen atoms in total. The van der Waals surface area contributed by atoms with Gasteiger partial charge < -0.3 is 14.7 Å². The van der Waals surface area contributed by atoms with Crippen molar-refractivity contribution < 1.29 is 70.9 Å². The maximum atomic E-state index is 11.9. The summed E-state index contributed by atoms with van der Waals surface area (Å²) in [5.74, 6) is -1.94. The van der Waals surface area contributed by atoms with Crippen LogP contribution in [-0.4, -0.2) is 42.5 Å². The minimum atomic E-state index is -1.04. The fourth-order valence-corrected chi connectivity index (χ4v) is 2.68. The van der Waals surface area contributed by atoms with E-state index in [0.717, 1.165) is 45.7 Å². The number of esters is 1. The Morgan fingerprint density at radius 2 is 1.85 bits per heavy atom. The van der Waals surface area contributed by atoms with Gasteiger partial charge in [-0.3, -0.25) is 10.1 Å². The van der Waals surface area contributed by atoms with Gasteiger partial charge in [-0.05, 0) is 49.8 Å². The van der Waals surface area contributed by atoms with Crippen molar-refractivity contribution in [3.8, 4) is 0 Å². The largest absolute Gasteiger partial charge is 1.00 e. The first-order valence-corrected chi connectivity index (χ1v) is 8.40. The number of nitro benzene ring substituents is 1. The van der Waals surface area contributed by atoms with Gasteiger partial charge in [0.15, 0.2) is 0 Å². The van der Waals surface area contributed by atoms with Crippen molar-refractivity contribution in [3.05, 3.63) is 45.2 Å². The zero-order valence-corrected chi connectivity index (χ0v) is 19.1. The summed E-state index contributed by atoms with van der Waals surface area (Å²) >= 11 is 0. The van der Waals surface area contributed by atoms with Crippen LogP contribution < -0.4 is 56.5 Å². The summed E-state index contributed by atoms with van der Waals surface area (Å²) in [5, 5.41) is 23.1. The van der Waals surface area contributed by atoms with E-state index in [0.29, 0.717) is 12.0 Å². The first-order chi connectivity index (χ1) is 11.9. The molecule has 8 heteroatoms. The maximum absolute atomic E-state index is 11.9.